The number of aromatic nitrogens is 2. The van der Waals surface area contributed by atoms with Crippen LogP contribution in [-0.4, -0.2) is 58.4 Å². The largest absolute Gasteiger partial charge is 0.335 e. The molecule has 1 fully saturated rings. The third-order valence-corrected chi connectivity index (χ3v) is 5.61. The number of rotatable bonds is 6. The molecule has 0 atom stereocenters. The lowest BCUT2D eigenvalue weighted by Crippen LogP contribution is -2.49. The first-order valence-corrected chi connectivity index (χ1v) is 10.3. The van der Waals surface area contributed by atoms with Crippen LogP contribution in [0.4, 0.5) is 10.8 Å². The van der Waals surface area contributed by atoms with E-state index in [1.165, 1.54) is 16.9 Å². The van der Waals surface area contributed by atoms with Crippen LogP contribution in [0.15, 0.2) is 60.2 Å². The first-order valence-electron chi connectivity index (χ1n) is 9.46. The normalized spacial score (nSPS) is 14.8. The van der Waals surface area contributed by atoms with E-state index in [1.54, 1.807) is 12.4 Å². The molecule has 1 saturated heterocycles. The van der Waals surface area contributed by atoms with Crippen LogP contribution < -0.4 is 5.32 Å². The first-order chi connectivity index (χ1) is 13.8. The summed E-state index contributed by atoms with van der Waals surface area (Å²) in [6, 6.07) is 14.3. The van der Waals surface area contributed by atoms with Crippen LogP contribution in [0.2, 0.25) is 0 Å². The van der Waals surface area contributed by atoms with Gasteiger partial charge in [-0.2, -0.15) is 0 Å². The van der Waals surface area contributed by atoms with Gasteiger partial charge in [0.05, 0.1) is 11.9 Å². The zero-order valence-corrected chi connectivity index (χ0v) is 16.4. The maximum atomic E-state index is 12.8. The van der Waals surface area contributed by atoms with Gasteiger partial charge in [-0.15, -0.1) is 11.3 Å². The average molecular weight is 394 g/mol. The Balaban J connectivity index is 1.27. The Labute approximate surface area is 168 Å². The maximum Gasteiger partial charge on any atom is 0.273 e. The highest BCUT2D eigenvalue weighted by molar-refractivity contribution is 7.14. The standard InChI is InChI=1S/C21H23N5OS/c27-20(19-16-28-21(24-19)23-18-7-4-9-22-15-18)26-13-11-25(12-14-26)10-8-17-5-2-1-3-6-17/h1-7,9,15-16H,8,10-14H2,(H,23,24). The quantitative estimate of drug-likeness (QED) is 0.696. The summed E-state index contributed by atoms with van der Waals surface area (Å²) in [5, 5.41) is 5.72. The lowest BCUT2D eigenvalue weighted by Gasteiger charge is -2.34. The van der Waals surface area contributed by atoms with Crippen LogP contribution in [0.5, 0.6) is 0 Å². The number of pyridine rings is 1. The Bertz CT molecular complexity index is 891. The Kier molecular flexibility index (Phi) is 5.94. The van der Waals surface area contributed by atoms with E-state index in [-0.39, 0.29) is 5.91 Å². The van der Waals surface area contributed by atoms with Gasteiger partial charge in [-0.25, -0.2) is 4.98 Å². The van der Waals surface area contributed by atoms with Crippen LogP contribution in [0.25, 0.3) is 0 Å². The molecule has 3 aromatic rings. The van der Waals surface area contributed by atoms with E-state index in [2.05, 4.69) is 44.5 Å². The molecule has 1 N–H and O–H groups in total. The zero-order chi connectivity index (χ0) is 19.2. The molecule has 28 heavy (non-hydrogen) atoms. The number of piperazine rings is 1. The monoisotopic (exact) mass is 393 g/mol. The van der Waals surface area contributed by atoms with E-state index >= 15 is 0 Å². The number of hydrogen-bond donors (Lipinski definition) is 1. The second kappa shape index (κ2) is 8.95. The van der Waals surface area contributed by atoms with Crippen molar-refractivity contribution >= 4 is 28.1 Å². The van der Waals surface area contributed by atoms with E-state index in [4.69, 9.17) is 0 Å². The molecule has 7 heteroatoms. The lowest BCUT2D eigenvalue weighted by atomic mass is 10.1. The molecule has 0 radical (unpaired) electrons. The smallest absolute Gasteiger partial charge is 0.273 e. The fourth-order valence-electron chi connectivity index (χ4n) is 3.26. The van der Waals surface area contributed by atoms with E-state index < -0.39 is 0 Å². The average Bonchev–Trinajstić information content (AvgIpc) is 3.22. The van der Waals surface area contributed by atoms with E-state index in [0.29, 0.717) is 10.8 Å². The number of benzene rings is 1. The minimum Gasteiger partial charge on any atom is -0.335 e. The van der Waals surface area contributed by atoms with Crippen molar-refractivity contribution in [3.8, 4) is 0 Å². The van der Waals surface area contributed by atoms with Gasteiger partial charge in [-0.1, -0.05) is 30.3 Å². The maximum absolute atomic E-state index is 12.8. The van der Waals surface area contributed by atoms with Crippen LogP contribution in [0.1, 0.15) is 16.1 Å². The van der Waals surface area contributed by atoms with Crippen LogP contribution in [0, 0.1) is 0 Å². The van der Waals surface area contributed by atoms with Gasteiger partial charge in [0.25, 0.3) is 5.91 Å². The predicted octanol–water partition coefficient (Wildman–Crippen LogP) is 3.28. The van der Waals surface area contributed by atoms with Crippen molar-refractivity contribution in [1.29, 1.82) is 0 Å². The minimum atomic E-state index is 0.0122. The molecule has 0 spiro atoms. The van der Waals surface area contributed by atoms with Gasteiger partial charge < -0.3 is 10.2 Å². The molecule has 3 heterocycles. The van der Waals surface area contributed by atoms with Gasteiger partial charge in [0.15, 0.2) is 5.13 Å². The second-order valence-electron chi connectivity index (χ2n) is 6.77. The zero-order valence-electron chi connectivity index (χ0n) is 15.6. The molecular weight excluding hydrogens is 370 g/mol. The number of nitrogens with zero attached hydrogens (tertiary/aromatic N) is 4. The molecule has 6 nitrogen and oxygen atoms in total. The molecule has 0 unspecified atom stereocenters. The van der Waals surface area contributed by atoms with Crippen molar-refractivity contribution in [2.24, 2.45) is 0 Å². The van der Waals surface area contributed by atoms with Crippen molar-refractivity contribution < 1.29 is 4.79 Å². The van der Waals surface area contributed by atoms with E-state index in [1.807, 2.05) is 28.5 Å². The Morgan fingerprint density at radius 1 is 1.07 bits per heavy atom. The summed E-state index contributed by atoms with van der Waals surface area (Å²) in [5.74, 6) is 0.0122. The molecule has 1 aromatic carbocycles. The SMILES string of the molecule is O=C(c1csc(Nc2cccnc2)n1)N1CCN(CCc2ccccc2)CC1. The Morgan fingerprint density at radius 3 is 2.64 bits per heavy atom. The van der Waals surface area contributed by atoms with Crippen molar-refractivity contribution in [3.63, 3.8) is 0 Å². The fourth-order valence-corrected chi connectivity index (χ4v) is 3.96. The topological polar surface area (TPSA) is 61.4 Å². The molecule has 2 aromatic heterocycles. The van der Waals surface area contributed by atoms with Crippen LogP contribution in [0.3, 0.4) is 0 Å². The Morgan fingerprint density at radius 2 is 1.89 bits per heavy atom. The number of anilines is 2. The molecule has 1 amide bonds. The van der Waals surface area contributed by atoms with Crippen molar-refractivity contribution in [2.45, 2.75) is 6.42 Å². The van der Waals surface area contributed by atoms with Gasteiger partial charge in [0.2, 0.25) is 0 Å². The molecule has 1 aliphatic heterocycles. The van der Waals surface area contributed by atoms with Gasteiger partial charge in [0.1, 0.15) is 5.69 Å². The van der Waals surface area contributed by atoms with Crippen molar-refractivity contribution in [2.75, 3.05) is 38.0 Å². The fraction of sp³-hybridized carbons (Fsp3) is 0.286. The van der Waals surface area contributed by atoms with E-state index in [0.717, 1.165) is 44.8 Å². The summed E-state index contributed by atoms with van der Waals surface area (Å²) >= 11 is 1.44. The minimum absolute atomic E-state index is 0.0122. The predicted molar refractivity (Wildman–Crippen MR) is 112 cm³/mol. The Hall–Kier alpha value is -2.77. The molecule has 1 aliphatic rings. The number of nitrogens with one attached hydrogen (secondary N) is 1. The third-order valence-electron chi connectivity index (χ3n) is 4.86. The summed E-state index contributed by atoms with van der Waals surface area (Å²) in [6.07, 6.45) is 4.50. The summed E-state index contributed by atoms with van der Waals surface area (Å²) in [7, 11) is 0. The molecule has 144 valence electrons. The number of hydrogen-bond acceptors (Lipinski definition) is 6. The summed E-state index contributed by atoms with van der Waals surface area (Å²) in [6.45, 7) is 4.34. The van der Waals surface area contributed by atoms with Crippen LogP contribution in [-0.2, 0) is 6.42 Å². The van der Waals surface area contributed by atoms with Gasteiger partial charge in [-0.05, 0) is 24.1 Å². The van der Waals surface area contributed by atoms with Crippen LogP contribution >= 0.6 is 11.3 Å². The van der Waals surface area contributed by atoms with E-state index in [9.17, 15) is 4.79 Å². The third kappa shape index (κ3) is 4.74. The van der Waals surface area contributed by atoms with Crippen molar-refractivity contribution in [1.82, 2.24) is 19.8 Å². The summed E-state index contributed by atoms with van der Waals surface area (Å²) in [4.78, 5) is 25.6. The van der Waals surface area contributed by atoms with Gasteiger partial charge >= 0.3 is 0 Å². The number of carbonyl (C=O) groups is 1. The molecule has 0 aliphatic carbocycles. The summed E-state index contributed by atoms with van der Waals surface area (Å²) in [5.41, 5.74) is 2.73. The number of carbonyl (C=O) groups excluding carboxylic acids is 1. The number of amides is 1. The van der Waals surface area contributed by atoms with Crippen molar-refractivity contribution in [3.05, 3.63) is 71.5 Å². The lowest BCUT2D eigenvalue weighted by molar-refractivity contribution is 0.0633. The van der Waals surface area contributed by atoms with Gasteiger partial charge in [0, 0.05) is 44.3 Å². The van der Waals surface area contributed by atoms with Gasteiger partial charge in [-0.3, -0.25) is 14.7 Å². The highest BCUT2D eigenvalue weighted by Crippen LogP contribution is 2.21. The highest BCUT2D eigenvalue weighted by Gasteiger charge is 2.23. The second-order valence-corrected chi connectivity index (χ2v) is 7.63. The molecule has 0 saturated carbocycles. The summed E-state index contributed by atoms with van der Waals surface area (Å²) < 4.78 is 0. The molecular formula is C21H23N5OS. The number of thiazole rings is 1. The first kappa shape index (κ1) is 18.6. The molecule has 0 bridgehead atoms. The molecule has 4 rings (SSSR count). The highest BCUT2D eigenvalue weighted by atomic mass is 32.1.